The molecule has 4 aromatic heterocycles. The number of pyridine rings is 4. The van der Waals surface area contributed by atoms with E-state index in [1.54, 1.807) is 12.4 Å². The lowest BCUT2D eigenvalue weighted by Gasteiger charge is -2.09. The number of aromatic nitrogens is 4. The third-order valence-corrected chi connectivity index (χ3v) is 7.36. The SMILES string of the molecule is c1ccc(-c2cc(-c3ccc(-c4ccc(-c5ccc(-c6ccnc(-c7ccccn7)c6)cc5)cc4)cc3)ccn2)nc1. The Bertz CT molecular complexity index is 1790. The summed E-state index contributed by atoms with van der Waals surface area (Å²) in [7, 11) is 0. The highest BCUT2D eigenvalue weighted by Crippen LogP contribution is 2.30. The molecule has 42 heavy (non-hydrogen) atoms. The van der Waals surface area contributed by atoms with Gasteiger partial charge < -0.3 is 0 Å². The molecule has 0 bridgehead atoms. The number of hydrogen-bond acceptors (Lipinski definition) is 4. The van der Waals surface area contributed by atoms with E-state index < -0.39 is 0 Å². The van der Waals surface area contributed by atoms with Crippen LogP contribution in [0.5, 0.6) is 0 Å². The van der Waals surface area contributed by atoms with Crippen molar-refractivity contribution in [1.82, 2.24) is 19.9 Å². The molecule has 7 aromatic rings. The summed E-state index contributed by atoms with van der Waals surface area (Å²) in [6.45, 7) is 0. The number of nitrogens with zero attached hydrogens (tertiary/aromatic N) is 4. The summed E-state index contributed by atoms with van der Waals surface area (Å²) in [4.78, 5) is 17.9. The van der Waals surface area contributed by atoms with E-state index in [4.69, 9.17) is 0 Å². The van der Waals surface area contributed by atoms with Crippen LogP contribution in [0.2, 0.25) is 0 Å². The molecule has 0 saturated heterocycles. The first kappa shape index (κ1) is 25.2. The van der Waals surface area contributed by atoms with Gasteiger partial charge in [0.15, 0.2) is 0 Å². The second kappa shape index (κ2) is 11.4. The van der Waals surface area contributed by atoms with E-state index in [-0.39, 0.29) is 0 Å². The van der Waals surface area contributed by atoms with E-state index in [1.165, 1.54) is 22.3 Å². The van der Waals surface area contributed by atoms with Crippen molar-refractivity contribution in [3.63, 3.8) is 0 Å². The van der Waals surface area contributed by atoms with Gasteiger partial charge >= 0.3 is 0 Å². The van der Waals surface area contributed by atoms with Gasteiger partial charge in [0.05, 0.1) is 22.8 Å². The molecule has 4 nitrogen and oxygen atoms in total. The Labute approximate surface area is 245 Å². The summed E-state index contributed by atoms with van der Waals surface area (Å²) in [5.41, 5.74) is 12.8. The minimum Gasteiger partial charge on any atom is -0.255 e. The van der Waals surface area contributed by atoms with Gasteiger partial charge in [-0.1, -0.05) is 84.9 Å². The molecule has 7 rings (SSSR count). The highest BCUT2D eigenvalue weighted by molar-refractivity contribution is 5.76. The minimum atomic E-state index is 0.871. The summed E-state index contributed by atoms with van der Waals surface area (Å²) < 4.78 is 0. The zero-order chi connectivity index (χ0) is 28.1. The first-order valence-electron chi connectivity index (χ1n) is 13.9. The quantitative estimate of drug-likeness (QED) is 0.212. The van der Waals surface area contributed by atoms with E-state index in [0.29, 0.717) is 0 Å². The number of rotatable bonds is 6. The van der Waals surface area contributed by atoms with Crippen LogP contribution in [0.4, 0.5) is 0 Å². The van der Waals surface area contributed by atoms with Crippen LogP contribution in [-0.4, -0.2) is 19.9 Å². The van der Waals surface area contributed by atoms with Gasteiger partial charge in [0.25, 0.3) is 0 Å². The van der Waals surface area contributed by atoms with E-state index in [0.717, 1.165) is 45.0 Å². The molecule has 0 aliphatic rings. The maximum atomic E-state index is 4.50. The van der Waals surface area contributed by atoms with Gasteiger partial charge in [0.2, 0.25) is 0 Å². The molecule has 4 heterocycles. The van der Waals surface area contributed by atoms with Crippen molar-refractivity contribution in [2.75, 3.05) is 0 Å². The molecule has 3 aromatic carbocycles. The van der Waals surface area contributed by atoms with Gasteiger partial charge in [-0.05, 0) is 93.0 Å². The van der Waals surface area contributed by atoms with Gasteiger partial charge in [-0.3, -0.25) is 19.9 Å². The van der Waals surface area contributed by atoms with Gasteiger partial charge in [-0.2, -0.15) is 0 Å². The van der Waals surface area contributed by atoms with Crippen LogP contribution < -0.4 is 0 Å². The lowest BCUT2D eigenvalue weighted by atomic mass is 9.97. The highest BCUT2D eigenvalue weighted by Gasteiger charge is 2.07. The Balaban J connectivity index is 1.07. The van der Waals surface area contributed by atoms with E-state index >= 15 is 0 Å². The number of benzene rings is 3. The Kier molecular flexibility index (Phi) is 6.85. The molecule has 0 amide bonds. The third-order valence-electron chi connectivity index (χ3n) is 7.36. The molecule has 0 radical (unpaired) electrons. The third kappa shape index (κ3) is 5.34. The van der Waals surface area contributed by atoms with Crippen molar-refractivity contribution >= 4 is 0 Å². The summed E-state index contributed by atoms with van der Waals surface area (Å²) in [6, 6.07) is 46.1. The fraction of sp³-hybridized carbons (Fsp3) is 0. The Morgan fingerprint density at radius 3 is 0.857 bits per heavy atom. The minimum absolute atomic E-state index is 0.871. The van der Waals surface area contributed by atoms with Crippen LogP contribution in [0.3, 0.4) is 0 Å². The first-order chi connectivity index (χ1) is 20.8. The molecule has 0 unspecified atom stereocenters. The molecule has 0 N–H and O–H groups in total. The molecule has 0 spiro atoms. The maximum Gasteiger partial charge on any atom is 0.0892 e. The van der Waals surface area contributed by atoms with Crippen molar-refractivity contribution < 1.29 is 0 Å². The summed E-state index contributed by atoms with van der Waals surface area (Å²) in [5.74, 6) is 0. The maximum absolute atomic E-state index is 4.50. The van der Waals surface area contributed by atoms with Crippen molar-refractivity contribution in [2.24, 2.45) is 0 Å². The highest BCUT2D eigenvalue weighted by atomic mass is 14.8. The first-order valence-corrected chi connectivity index (χ1v) is 13.9. The average molecular weight is 539 g/mol. The van der Waals surface area contributed by atoms with Crippen LogP contribution >= 0.6 is 0 Å². The molecule has 0 aliphatic heterocycles. The fourth-order valence-electron chi connectivity index (χ4n) is 5.09. The van der Waals surface area contributed by atoms with Crippen LogP contribution in [0, 0.1) is 0 Å². The van der Waals surface area contributed by atoms with Crippen LogP contribution in [0.25, 0.3) is 67.3 Å². The van der Waals surface area contributed by atoms with E-state index in [2.05, 4.69) is 105 Å². The Morgan fingerprint density at radius 1 is 0.238 bits per heavy atom. The molecular formula is C38H26N4. The monoisotopic (exact) mass is 538 g/mol. The molecule has 0 fully saturated rings. The van der Waals surface area contributed by atoms with Crippen molar-refractivity contribution in [3.05, 3.63) is 158 Å². The van der Waals surface area contributed by atoms with Crippen molar-refractivity contribution in [3.8, 4) is 67.3 Å². The molecular weight excluding hydrogens is 512 g/mol. The summed E-state index contributed by atoms with van der Waals surface area (Å²) in [5, 5.41) is 0. The zero-order valence-electron chi connectivity index (χ0n) is 22.8. The normalized spacial score (nSPS) is 10.9. The molecule has 4 heteroatoms. The molecule has 0 atom stereocenters. The summed E-state index contributed by atoms with van der Waals surface area (Å²) >= 11 is 0. The smallest absolute Gasteiger partial charge is 0.0892 e. The second-order valence-corrected chi connectivity index (χ2v) is 10.0. The molecule has 0 saturated carbocycles. The second-order valence-electron chi connectivity index (χ2n) is 10.0. The van der Waals surface area contributed by atoms with Gasteiger partial charge in [0.1, 0.15) is 0 Å². The van der Waals surface area contributed by atoms with Gasteiger partial charge in [-0.15, -0.1) is 0 Å². The average Bonchev–Trinajstić information content (AvgIpc) is 3.09. The lowest BCUT2D eigenvalue weighted by molar-refractivity contribution is 1.25. The van der Waals surface area contributed by atoms with Gasteiger partial charge in [0, 0.05) is 24.8 Å². The van der Waals surface area contributed by atoms with Crippen molar-refractivity contribution in [1.29, 1.82) is 0 Å². The Hall–Kier alpha value is -5.74. The Morgan fingerprint density at radius 2 is 0.548 bits per heavy atom. The van der Waals surface area contributed by atoms with Crippen LogP contribution in [-0.2, 0) is 0 Å². The van der Waals surface area contributed by atoms with Crippen LogP contribution in [0.15, 0.2) is 158 Å². The van der Waals surface area contributed by atoms with Crippen LogP contribution in [0.1, 0.15) is 0 Å². The van der Waals surface area contributed by atoms with Gasteiger partial charge in [-0.25, -0.2) is 0 Å². The topological polar surface area (TPSA) is 51.6 Å². The predicted octanol–water partition coefficient (Wildman–Crippen LogP) is 9.27. The standard InChI is InChI=1S/C38H26N4/c1-3-21-39-35(5-1)37-25-33(19-23-41-37)31-15-11-29(12-16-31)27-7-9-28(10-8-27)30-13-17-32(18-14-30)34-20-24-42-38(26-34)36-6-2-4-22-40-36/h1-26H. The zero-order valence-corrected chi connectivity index (χ0v) is 22.8. The lowest BCUT2D eigenvalue weighted by Crippen LogP contribution is -1.88. The largest absolute Gasteiger partial charge is 0.255 e. The van der Waals surface area contributed by atoms with E-state index in [9.17, 15) is 0 Å². The predicted molar refractivity (Wildman–Crippen MR) is 170 cm³/mol. The fourth-order valence-corrected chi connectivity index (χ4v) is 5.09. The molecule has 198 valence electrons. The van der Waals surface area contributed by atoms with E-state index in [1.807, 2.05) is 60.9 Å². The number of hydrogen-bond donors (Lipinski definition) is 0. The van der Waals surface area contributed by atoms with Crippen molar-refractivity contribution in [2.45, 2.75) is 0 Å². The molecule has 0 aliphatic carbocycles. The summed E-state index contributed by atoms with van der Waals surface area (Å²) in [6.07, 6.45) is 7.27.